The van der Waals surface area contributed by atoms with E-state index in [0.29, 0.717) is 5.56 Å². The zero-order valence-corrected chi connectivity index (χ0v) is 11.7. The van der Waals surface area contributed by atoms with E-state index in [0.717, 1.165) is 30.5 Å². The Kier molecular flexibility index (Phi) is 3.95. The average Bonchev–Trinajstić information content (AvgIpc) is 2.95. The lowest BCUT2D eigenvalue weighted by Gasteiger charge is -2.07. The third-order valence-electron chi connectivity index (χ3n) is 3.48. The molecule has 0 atom stereocenters. The molecule has 3 rings (SSSR count). The maximum absolute atomic E-state index is 8.91. The number of benzene rings is 1. The van der Waals surface area contributed by atoms with Crippen LogP contribution in [0.4, 0.5) is 0 Å². The van der Waals surface area contributed by atoms with Gasteiger partial charge in [-0.25, -0.2) is 0 Å². The minimum atomic E-state index is 0.704. The van der Waals surface area contributed by atoms with Crippen LogP contribution in [0.3, 0.4) is 0 Å². The van der Waals surface area contributed by atoms with Crippen molar-refractivity contribution < 1.29 is 0 Å². The summed E-state index contributed by atoms with van der Waals surface area (Å²) >= 11 is 0. The normalized spacial score (nSPS) is 10.6. The van der Waals surface area contributed by atoms with Gasteiger partial charge in [0.1, 0.15) is 0 Å². The lowest BCUT2D eigenvalue weighted by atomic mass is 10.2. The van der Waals surface area contributed by atoms with Crippen LogP contribution < -0.4 is 5.32 Å². The van der Waals surface area contributed by atoms with Crippen LogP contribution in [0.2, 0.25) is 0 Å². The van der Waals surface area contributed by atoms with Crippen molar-refractivity contribution in [2.24, 2.45) is 0 Å². The van der Waals surface area contributed by atoms with Gasteiger partial charge in [-0.2, -0.15) is 5.26 Å². The molecule has 0 aliphatic carbocycles. The van der Waals surface area contributed by atoms with Crippen molar-refractivity contribution in [1.82, 2.24) is 14.9 Å². The molecular weight excluding hydrogens is 260 g/mol. The lowest BCUT2D eigenvalue weighted by Crippen LogP contribution is -2.19. The van der Waals surface area contributed by atoms with Gasteiger partial charge in [0.25, 0.3) is 0 Å². The third kappa shape index (κ3) is 3.10. The SMILES string of the molecule is N#Cc1ccc2c(ccn2CCNCc2cccnc2)c1. The fraction of sp³-hybridized carbons (Fsp3) is 0.176. The quantitative estimate of drug-likeness (QED) is 0.729. The van der Waals surface area contributed by atoms with Crippen molar-refractivity contribution in [3.63, 3.8) is 0 Å². The number of aromatic nitrogens is 2. The Hall–Kier alpha value is -2.64. The van der Waals surface area contributed by atoms with E-state index in [4.69, 9.17) is 5.26 Å². The van der Waals surface area contributed by atoms with E-state index in [2.05, 4.69) is 39.3 Å². The Bertz CT molecular complexity index is 768. The summed E-state index contributed by atoms with van der Waals surface area (Å²) in [6, 6.07) is 14.0. The predicted octanol–water partition coefficient (Wildman–Crippen LogP) is 2.70. The molecule has 0 bridgehead atoms. The number of fused-ring (bicyclic) bond motifs is 1. The molecule has 0 amide bonds. The second-order valence-corrected chi connectivity index (χ2v) is 4.93. The van der Waals surface area contributed by atoms with E-state index in [1.54, 1.807) is 6.20 Å². The predicted molar refractivity (Wildman–Crippen MR) is 82.6 cm³/mol. The first-order valence-electron chi connectivity index (χ1n) is 6.95. The lowest BCUT2D eigenvalue weighted by molar-refractivity contribution is 0.608. The molecule has 0 spiro atoms. The van der Waals surface area contributed by atoms with Crippen LogP contribution in [0.1, 0.15) is 11.1 Å². The summed E-state index contributed by atoms with van der Waals surface area (Å²) in [6.45, 7) is 2.61. The van der Waals surface area contributed by atoms with Gasteiger partial charge < -0.3 is 9.88 Å². The van der Waals surface area contributed by atoms with Gasteiger partial charge in [0.2, 0.25) is 0 Å². The monoisotopic (exact) mass is 276 g/mol. The molecule has 0 saturated heterocycles. The van der Waals surface area contributed by atoms with Crippen LogP contribution in [-0.4, -0.2) is 16.1 Å². The Labute approximate surface area is 123 Å². The molecule has 1 aromatic carbocycles. The first-order valence-corrected chi connectivity index (χ1v) is 6.95. The third-order valence-corrected chi connectivity index (χ3v) is 3.48. The van der Waals surface area contributed by atoms with E-state index >= 15 is 0 Å². The number of nitrogens with zero attached hydrogens (tertiary/aromatic N) is 3. The van der Waals surface area contributed by atoms with E-state index in [1.807, 2.05) is 30.5 Å². The number of rotatable bonds is 5. The van der Waals surface area contributed by atoms with Crippen LogP contribution in [0.25, 0.3) is 10.9 Å². The molecule has 0 fully saturated rings. The minimum Gasteiger partial charge on any atom is -0.346 e. The largest absolute Gasteiger partial charge is 0.346 e. The highest BCUT2D eigenvalue weighted by Gasteiger charge is 2.02. The Morgan fingerprint density at radius 3 is 3.00 bits per heavy atom. The van der Waals surface area contributed by atoms with Gasteiger partial charge in [-0.05, 0) is 35.9 Å². The number of hydrogen-bond acceptors (Lipinski definition) is 3. The van der Waals surface area contributed by atoms with Gasteiger partial charge in [-0.1, -0.05) is 6.07 Å². The number of nitrogens with one attached hydrogen (secondary N) is 1. The van der Waals surface area contributed by atoms with Crippen LogP contribution in [0.15, 0.2) is 55.0 Å². The molecule has 104 valence electrons. The second kappa shape index (κ2) is 6.21. The van der Waals surface area contributed by atoms with Crippen molar-refractivity contribution in [3.05, 3.63) is 66.1 Å². The number of nitriles is 1. The van der Waals surface area contributed by atoms with Crippen molar-refractivity contribution >= 4 is 10.9 Å². The summed E-state index contributed by atoms with van der Waals surface area (Å²) in [5.74, 6) is 0. The summed E-state index contributed by atoms with van der Waals surface area (Å²) in [6.07, 6.45) is 5.73. The van der Waals surface area contributed by atoms with Gasteiger partial charge in [-0.3, -0.25) is 4.98 Å². The molecule has 1 N–H and O–H groups in total. The maximum atomic E-state index is 8.91. The molecule has 0 radical (unpaired) electrons. The van der Waals surface area contributed by atoms with Gasteiger partial charge in [0.15, 0.2) is 0 Å². The summed E-state index contributed by atoms with van der Waals surface area (Å²) in [7, 11) is 0. The fourth-order valence-electron chi connectivity index (χ4n) is 2.40. The summed E-state index contributed by atoms with van der Waals surface area (Å²) in [5.41, 5.74) is 3.06. The van der Waals surface area contributed by atoms with Gasteiger partial charge in [0.05, 0.1) is 11.6 Å². The van der Waals surface area contributed by atoms with Crippen molar-refractivity contribution in [2.75, 3.05) is 6.54 Å². The second-order valence-electron chi connectivity index (χ2n) is 4.93. The van der Waals surface area contributed by atoms with Gasteiger partial charge in [-0.15, -0.1) is 0 Å². The zero-order chi connectivity index (χ0) is 14.5. The Morgan fingerprint density at radius 2 is 2.19 bits per heavy atom. The number of hydrogen-bond donors (Lipinski definition) is 1. The van der Waals surface area contributed by atoms with E-state index in [9.17, 15) is 0 Å². The molecule has 0 saturated carbocycles. The van der Waals surface area contributed by atoms with Crippen molar-refractivity contribution in [1.29, 1.82) is 5.26 Å². The van der Waals surface area contributed by atoms with Crippen LogP contribution in [0, 0.1) is 11.3 Å². The highest BCUT2D eigenvalue weighted by molar-refractivity contribution is 5.81. The first-order chi connectivity index (χ1) is 10.4. The number of pyridine rings is 1. The van der Waals surface area contributed by atoms with Crippen LogP contribution in [-0.2, 0) is 13.1 Å². The van der Waals surface area contributed by atoms with E-state index in [-0.39, 0.29) is 0 Å². The topological polar surface area (TPSA) is 53.6 Å². The molecule has 21 heavy (non-hydrogen) atoms. The summed E-state index contributed by atoms with van der Waals surface area (Å²) in [5, 5.41) is 13.4. The van der Waals surface area contributed by atoms with Crippen molar-refractivity contribution in [3.8, 4) is 6.07 Å². The zero-order valence-electron chi connectivity index (χ0n) is 11.7. The fourth-order valence-corrected chi connectivity index (χ4v) is 2.40. The average molecular weight is 276 g/mol. The molecule has 4 heteroatoms. The molecule has 0 unspecified atom stereocenters. The Morgan fingerprint density at radius 1 is 1.24 bits per heavy atom. The highest BCUT2D eigenvalue weighted by atomic mass is 15.0. The Balaban J connectivity index is 1.60. The first kappa shape index (κ1) is 13.3. The molecule has 0 aliphatic heterocycles. The van der Waals surface area contributed by atoms with Gasteiger partial charge >= 0.3 is 0 Å². The smallest absolute Gasteiger partial charge is 0.0991 e. The highest BCUT2D eigenvalue weighted by Crippen LogP contribution is 2.17. The van der Waals surface area contributed by atoms with Crippen LogP contribution in [0.5, 0.6) is 0 Å². The summed E-state index contributed by atoms with van der Waals surface area (Å²) in [4.78, 5) is 4.10. The molecule has 0 aliphatic rings. The molecule has 3 aromatic rings. The maximum Gasteiger partial charge on any atom is 0.0991 e. The molecular formula is C17H16N4. The van der Waals surface area contributed by atoms with Crippen molar-refractivity contribution in [2.45, 2.75) is 13.1 Å². The van der Waals surface area contributed by atoms with E-state index in [1.165, 1.54) is 5.56 Å². The standard InChI is InChI=1S/C17H16N4/c18-11-14-3-4-17-16(10-14)5-8-21(17)9-7-20-13-15-2-1-6-19-12-15/h1-6,8,10,12,20H,7,9,13H2. The van der Waals surface area contributed by atoms with Gasteiger partial charge in [0, 0.05) is 49.1 Å². The minimum absolute atomic E-state index is 0.704. The van der Waals surface area contributed by atoms with E-state index < -0.39 is 0 Å². The summed E-state index contributed by atoms with van der Waals surface area (Å²) < 4.78 is 2.20. The molecule has 2 heterocycles. The molecule has 4 nitrogen and oxygen atoms in total. The van der Waals surface area contributed by atoms with Crippen LogP contribution >= 0.6 is 0 Å². The molecule has 2 aromatic heterocycles.